The van der Waals surface area contributed by atoms with Crippen molar-refractivity contribution in [2.75, 3.05) is 18.1 Å². The number of hydrogen-bond donors (Lipinski definition) is 1. The minimum absolute atomic E-state index is 0.679. The maximum absolute atomic E-state index is 5.14. The van der Waals surface area contributed by atoms with Crippen LogP contribution in [0.25, 0.3) is 20.4 Å². The van der Waals surface area contributed by atoms with Crippen LogP contribution in [0.15, 0.2) is 5.16 Å². The molecular formula is C22H30N4S2. The van der Waals surface area contributed by atoms with Gasteiger partial charge < -0.3 is 5.32 Å². The van der Waals surface area contributed by atoms with E-state index in [4.69, 9.17) is 15.0 Å². The Kier molecular flexibility index (Phi) is 6.07. The van der Waals surface area contributed by atoms with Crippen LogP contribution in [0.2, 0.25) is 0 Å². The molecule has 3 aromatic rings. The number of nitrogens with one attached hydrogen (secondary N) is 1. The molecule has 0 fully saturated rings. The molecule has 6 heteroatoms. The van der Waals surface area contributed by atoms with Crippen LogP contribution in [-0.4, -0.2) is 27.8 Å². The first-order valence-corrected chi connectivity index (χ1v) is 12.6. The lowest BCUT2D eigenvalue weighted by molar-refractivity contribution is 0.606. The molecule has 28 heavy (non-hydrogen) atoms. The van der Waals surface area contributed by atoms with E-state index in [1.165, 1.54) is 52.6 Å². The number of anilines is 1. The van der Waals surface area contributed by atoms with Crippen molar-refractivity contribution in [1.29, 1.82) is 0 Å². The number of fused-ring (bicyclic) bond motifs is 5. The summed E-state index contributed by atoms with van der Waals surface area (Å²) in [7, 11) is 0. The molecule has 3 aromatic heterocycles. The number of pyridine rings is 1. The second-order valence-corrected chi connectivity index (χ2v) is 9.87. The van der Waals surface area contributed by atoms with Crippen LogP contribution < -0.4 is 5.32 Å². The molecule has 150 valence electrons. The highest BCUT2D eigenvalue weighted by atomic mass is 32.2. The highest BCUT2D eigenvalue weighted by Gasteiger charge is 2.24. The predicted molar refractivity (Wildman–Crippen MR) is 123 cm³/mol. The SMILES string of the molecule is CCCCc1nc2sc3c(NCCC(C)C)nc(SC)nc3c2c2c1CCC2. The third-order valence-corrected chi connectivity index (χ3v) is 7.19. The zero-order valence-electron chi connectivity index (χ0n) is 17.4. The maximum Gasteiger partial charge on any atom is 0.189 e. The van der Waals surface area contributed by atoms with Crippen LogP contribution in [0.5, 0.6) is 0 Å². The summed E-state index contributed by atoms with van der Waals surface area (Å²) in [6.07, 6.45) is 10.3. The van der Waals surface area contributed by atoms with Crippen molar-refractivity contribution in [1.82, 2.24) is 15.0 Å². The molecule has 3 heterocycles. The fourth-order valence-corrected chi connectivity index (χ4v) is 5.56. The molecule has 0 unspecified atom stereocenters. The summed E-state index contributed by atoms with van der Waals surface area (Å²) in [5.74, 6) is 1.66. The van der Waals surface area contributed by atoms with Crippen molar-refractivity contribution in [3.63, 3.8) is 0 Å². The molecule has 0 radical (unpaired) electrons. The van der Waals surface area contributed by atoms with E-state index in [1.807, 2.05) is 0 Å². The quantitative estimate of drug-likeness (QED) is 0.349. The monoisotopic (exact) mass is 414 g/mol. The van der Waals surface area contributed by atoms with Crippen molar-refractivity contribution in [3.05, 3.63) is 16.8 Å². The fraction of sp³-hybridized carbons (Fsp3) is 0.591. The lowest BCUT2D eigenvalue weighted by Gasteiger charge is -2.10. The van der Waals surface area contributed by atoms with Crippen molar-refractivity contribution in [2.24, 2.45) is 5.92 Å². The van der Waals surface area contributed by atoms with Crippen LogP contribution in [0.4, 0.5) is 5.82 Å². The van der Waals surface area contributed by atoms with Crippen molar-refractivity contribution < 1.29 is 0 Å². The zero-order valence-corrected chi connectivity index (χ0v) is 19.0. The molecule has 0 atom stereocenters. The minimum Gasteiger partial charge on any atom is -0.369 e. The predicted octanol–water partition coefficient (Wildman–Crippen LogP) is 6.25. The van der Waals surface area contributed by atoms with E-state index in [0.717, 1.165) is 47.1 Å². The smallest absolute Gasteiger partial charge is 0.189 e. The molecule has 0 aromatic carbocycles. The first kappa shape index (κ1) is 19.9. The number of thioether (sulfide) groups is 1. The summed E-state index contributed by atoms with van der Waals surface area (Å²) >= 11 is 3.39. The first-order valence-electron chi connectivity index (χ1n) is 10.5. The number of unbranched alkanes of at least 4 members (excludes halogenated alkanes) is 1. The number of nitrogens with zero attached hydrogens (tertiary/aromatic N) is 3. The van der Waals surface area contributed by atoms with Gasteiger partial charge in [-0.2, -0.15) is 0 Å². The maximum atomic E-state index is 5.14. The Labute approximate surface area is 176 Å². The Morgan fingerprint density at radius 3 is 2.71 bits per heavy atom. The largest absolute Gasteiger partial charge is 0.369 e. The van der Waals surface area contributed by atoms with Crippen LogP contribution >= 0.6 is 23.1 Å². The second kappa shape index (κ2) is 8.54. The van der Waals surface area contributed by atoms with E-state index in [1.54, 1.807) is 23.1 Å². The van der Waals surface area contributed by atoms with Crippen LogP contribution in [0, 0.1) is 5.92 Å². The lowest BCUT2D eigenvalue weighted by atomic mass is 10.0. The van der Waals surface area contributed by atoms with E-state index in [-0.39, 0.29) is 0 Å². The highest BCUT2D eigenvalue weighted by Crippen LogP contribution is 2.42. The third kappa shape index (κ3) is 3.73. The Bertz CT molecular complexity index is 994. The van der Waals surface area contributed by atoms with Gasteiger partial charge >= 0.3 is 0 Å². The Morgan fingerprint density at radius 2 is 1.96 bits per heavy atom. The molecule has 1 N–H and O–H groups in total. The molecule has 1 aliphatic rings. The molecule has 0 saturated heterocycles. The molecule has 4 rings (SSSR count). The van der Waals surface area contributed by atoms with Gasteiger partial charge in [0.2, 0.25) is 0 Å². The van der Waals surface area contributed by atoms with Gasteiger partial charge in [-0.05, 0) is 61.8 Å². The molecule has 0 saturated carbocycles. The number of rotatable bonds is 8. The van der Waals surface area contributed by atoms with Gasteiger partial charge in [-0.3, -0.25) is 0 Å². The standard InChI is InChI=1S/C22H30N4S2/c1-5-6-10-16-14-8-7-9-15(14)17-18-19(28-21(17)24-16)20(23-12-11-13(2)3)26-22(25-18)27-4/h13H,5-12H2,1-4H3,(H,23,25,26). The molecular weight excluding hydrogens is 384 g/mol. The lowest BCUT2D eigenvalue weighted by Crippen LogP contribution is -2.07. The molecule has 1 aliphatic carbocycles. The summed E-state index contributed by atoms with van der Waals surface area (Å²) in [6.45, 7) is 7.72. The average molecular weight is 415 g/mol. The van der Waals surface area contributed by atoms with Gasteiger partial charge in [0.15, 0.2) is 5.16 Å². The van der Waals surface area contributed by atoms with E-state index in [0.29, 0.717) is 5.92 Å². The molecule has 4 nitrogen and oxygen atoms in total. The first-order chi connectivity index (χ1) is 13.6. The number of aryl methyl sites for hydroxylation is 2. The molecule has 0 amide bonds. The Hall–Kier alpha value is -1.40. The fourth-order valence-electron chi connectivity index (χ4n) is 4.07. The highest BCUT2D eigenvalue weighted by molar-refractivity contribution is 7.98. The van der Waals surface area contributed by atoms with Crippen molar-refractivity contribution in [2.45, 2.75) is 70.9 Å². The molecule has 0 bridgehead atoms. The summed E-state index contributed by atoms with van der Waals surface area (Å²) in [4.78, 5) is 16.0. The topological polar surface area (TPSA) is 50.7 Å². The van der Waals surface area contributed by atoms with Gasteiger partial charge in [-0.1, -0.05) is 39.0 Å². The van der Waals surface area contributed by atoms with Gasteiger partial charge in [0.1, 0.15) is 10.6 Å². The number of thiophene rings is 1. The van der Waals surface area contributed by atoms with Crippen molar-refractivity contribution >= 4 is 49.3 Å². The minimum atomic E-state index is 0.679. The van der Waals surface area contributed by atoms with E-state index in [9.17, 15) is 0 Å². The number of hydrogen-bond acceptors (Lipinski definition) is 6. The second-order valence-electron chi connectivity index (χ2n) is 8.10. The Balaban J connectivity index is 1.87. The number of aromatic nitrogens is 3. The zero-order chi connectivity index (χ0) is 19.7. The molecule has 0 spiro atoms. The normalized spacial score (nSPS) is 13.8. The molecule has 0 aliphatic heterocycles. The van der Waals surface area contributed by atoms with Crippen LogP contribution in [0.1, 0.15) is 63.3 Å². The van der Waals surface area contributed by atoms with Crippen molar-refractivity contribution in [3.8, 4) is 0 Å². The van der Waals surface area contributed by atoms with E-state index in [2.05, 4.69) is 32.3 Å². The third-order valence-electron chi connectivity index (χ3n) is 5.56. The van der Waals surface area contributed by atoms with Crippen LogP contribution in [0.3, 0.4) is 0 Å². The van der Waals surface area contributed by atoms with E-state index >= 15 is 0 Å². The Morgan fingerprint density at radius 1 is 1.14 bits per heavy atom. The van der Waals surface area contributed by atoms with Gasteiger partial charge in [-0.25, -0.2) is 15.0 Å². The average Bonchev–Trinajstić information content (AvgIpc) is 3.29. The van der Waals surface area contributed by atoms with Gasteiger partial charge in [0.05, 0.1) is 10.2 Å². The van der Waals surface area contributed by atoms with Gasteiger partial charge in [0, 0.05) is 17.6 Å². The summed E-state index contributed by atoms with van der Waals surface area (Å²) in [5, 5.41) is 5.74. The van der Waals surface area contributed by atoms with Crippen LogP contribution in [-0.2, 0) is 19.3 Å². The van der Waals surface area contributed by atoms with Gasteiger partial charge in [0.25, 0.3) is 0 Å². The summed E-state index contributed by atoms with van der Waals surface area (Å²) < 4.78 is 1.17. The van der Waals surface area contributed by atoms with E-state index < -0.39 is 0 Å². The van der Waals surface area contributed by atoms with Gasteiger partial charge in [-0.15, -0.1) is 11.3 Å². The summed E-state index contributed by atoms with van der Waals surface area (Å²) in [6, 6.07) is 0. The summed E-state index contributed by atoms with van der Waals surface area (Å²) in [5.41, 5.74) is 5.47.